The molecule has 0 spiro atoms. The number of furan rings is 1. The van der Waals surface area contributed by atoms with Gasteiger partial charge in [-0.3, -0.25) is 4.57 Å². The molecule has 0 N–H and O–H groups in total. The Morgan fingerprint density at radius 3 is 1.79 bits per heavy atom. The van der Waals surface area contributed by atoms with Crippen molar-refractivity contribution >= 4 is 76.1 Å². The summed E-state index contributed by atoms with van der Waals surface area (Å²) in [5.74, 6) is 1.50. The lowest BCUT2D eigenvalue weighted by Crippen LogP contribution is -2.00. The minimum absolute atomic E-state index is 0.681. The number of nitrogens with zero attached hydrogens (tertiary/aromatic N) is 3. The van der Waals surface area contributed by atoms with Crippen LogP contribution in [0.4, 0.5) is 0 Å². The largest absolute Gasteiger partial charge is 0.455 e. The van der Waals surface area contributed by atoms with Gasteiger partial charge >= 0.3 is 0 Å². The third kappa shape index (κ3) is 4.60. The van der Waals surface area contributed by atoms with Gasteiger partial charge < -0.3 is 4.42 Å². The molecule has 0 aliphatic heterocycles. The van der Waals surface area contributed by atoms with Gasteiger partial charge in [0.2, 0.25) is 0 Å². The van der Waals surface area contributed by atoms with Gasteiger partial charge in [0.1, 0.15) is 17.0 Å². The van der Waals surface area contributed by atoms with E-state index >= 15 is 0 Å². The van der Waals surface area contributed by atoms with Crippen molar-refractivity contribution in [1.29, 1.82) is 0 Å². The minimum atomic E-state index is 0.681. The molecule has 56 heavy (non-hydrogen) atoms. The number of fused-ring (bicyclic) bond motifs is 12. The van der Waals surface area contributed by atoms with Crippen LogP contribution in [0.2, 0.25) is 0 Å². The van der Waals surface area contributed by atoms with E-state index in [1.54, 1.807) is 0 Å². The van der Waals surface area contributed by atoms with Gasteiger partial charge in [-0.05, 0) is 91.5 Å². The molecule has 12 rings (SSSR count). The number of aromatic nitrogens is 3. The standard InChI is InChI=1S/C52H31N3O/c1-2-15-39-37(13-1)38-14-3-4-16-40(38)45-30-33(23-25-41(39)45)32-11-9-12-35(29-32)52-53-28-27-50(54-52)55-47-21-7-5-17-42(47)46-31-34(24-26-48(46)55)36-19-10-20-44-43-18-6-8-22-49(43)56-51(36)44/h1-31H. The van der Waals surface area contributed by atoms with E-state index in [0.717, 1.165) is 72.0 Å². The van der Waals surface area contributed by atoms with Crippen LogP contribution in [0.3, 0.4) is 0 Å². The van der Waals surface area contributed by atoms with Crippen LogP contribution in [0.15, 0.2) is 193 Å². The molecule has 0 amide bonds. The van der Waals surface area contributed by atoms with Crippen molar-refractivity contribution in [2.75, 3.05) is 0 Å². The molecule has 4 heteroatoms. The van der Waals surface area contributed by atoms with Gasteiger partial charge in [-0.25, -0.2) is 9.97 Å². The summed E-state index contributed by atoms with van der Waals surface area (Å²) in [5, 5.41) is 12.2. The molecule has 0 saturated heterocycles. The molecule has 9 aromatic carbocycles. The van der Waals surface area contributed by atoms with Gasteiger partial charge in [-0.15, -0.1) is 0 Å². The van der Waals surface area contributed by atoms with E-state index < -0.39 is 0 Å². The van der Waals surface area contributed by atoms with Crippen molar-refractivity contribution in [3.8, 4) is 39.5 Å². The quantitative estimate of drug-likeness (QED) is 0.171. The molecule has 0 aliphatic carbocycles. The van der Waals surface area contributed by atoms with E-state index in [9.17, 15) is 0 Å². The van der Waals surface area contributed by atoms with Crippen LogP contribution in [0.25, 0.3) is 116 Å². The van der Waals surface area contributed by atoms with E-state index in [1.807, 2.05) is 24.4 Å². The Balaban J connectivity index is 0.971. The van der Waals surface area contributed by atoms with Crippen molar-refractivity contribution in [3.05, 3.63) is 188 Å². The lowest BCUT2D eigenvalue weighted by molar-refractivity contribution is 0.670. The minimum Gasteiger partial charge on any atom is -0.455 e. The monoisotopic (exact) mass is 713 g/mol. The SMILES string of the molecule is c1cc(-c2ccc3c4ccccc4c4ccccc4c3c2)cc(-c2nccc(-n3c4ccccc4c4cc(-c5cccc6c5oc5ccccc56)ccc43)n2)c1. The summed E-state index contributed by atoms with van der Waals surface area (Å²) in [4.78, 5) is 10.0. The molecule has 0 fully saturated rings. The molecule has 0 radical (unpaired) electrons. The summed E-state index contributed by atoms with van der Waals surface area (Å²) in [6, 6.07) is 64.8. The molecule has 12 aromatic rings. The molecule has 3 aromatic heterocycles. The predicted octanol–water partition coefficient (Wildman–Crippen LogP) is 13.9. The molecule has 260 valence electrons. The Hall–Kier alpha value is -7.56. The molecule has 3 heterocycles. The van der Waals surface area contributed by atoms with Gasteiger partial charge in [0.15, 0.2) is 5.82 Å². The predicted molar refractivity (Wildman–Crippen MR) is 232 cm³/mol. The highest BCUT2D eigenvalue weighted by atomic mass is 16.3. The number of benzene rings is 9. The van der Waals surface area contributed by atoms with Gasteiger partial charge in [0.25, 0.3) is 0 Å². The first-order valence-electron chi connectivity index (χ1n) is 19.0. The normalized spacial score (nSPS) is 11.9. The molecule has 0 unspecified atom stereocenters. The Morgan fingerprint density at radius 2 is 0.964 bits per heavy atom. The first-order valence-corrected chi connectivity index (χ1v) is 19.0. The maximum atomic E-state index is 6.43. The van der Waals surface area contributed by atoms with Gasteiger partial charge in [-0.1, -0.05) is 140 Å². The summed E-state index contributed by atoms with van der Waals surface area (Å²) in [6.45, 7) is 0. The highest BCUT2D eigenvalue weighted by Crippen LogP contribution is 2.40. The third-order valence-corrected chi connectivity index (χ3v) is 11.5. The van der Waals surface area contributed by atoms with Crippen LogP contribution in [-0.4, -0.2) is 14.5 Å². The fourth-order valence-electron chi connectivity index (χ4n) is 8.90. The molecular formula is C52H31N3O. The van der Waals surface area contributed by atoms with Crippen molar-refractivity contribution in [2.24, 2.45) is 0 Å². The second kappa shape index (κ2) is 12.0. The lowest BCUT2D eigenvalue weighted by Gasteiger charge is -2.12. The second-order valence-corrected chi connectivity index (χ2v) is 14.5. The van der Waals surface area contributed by atoms with Crippen molar-refractivity contribution in [2.45, 2.75) is 0 Å². The average molecular weight is 714 g/mol. The zero-order valence-corrected chi connectivity index (χ0v) is 30.1. The van der Waals surface area contributed by atoms with E-state index in [1.165, 1.54) is 37.7 Å². The topological polar surface area (TPSA) is 43.9 Å². The lowest BCUT2D eigenvalue weighted by atomic mass is 9.92. The number of hydrogen-bond acceptors (Lipinski definition) is 3. The Kier molecular flexibility index (Phi) is 6.60. The van der Waals surface area contributed by atoms with Crippen LogP contribution in [-0.2, 0) is 0 Å². The van der Waals surface area contributed by atoms with Crippen molar-refractivity contribution < 1.29 is 4.42 Å². The molecule has 0 atom stereocenters. The number of rotatable bonds is 4. The number of hydrogen-bond donors (Lipinski definition) is 0. The van der Waals surface area contributed by atoms with Crippen molar-refractivity contribution in [1.82, 2.24) is 14.5 Å². The zero-order valence-electron chi connectivity index (χ0n) is 30.1. The van der Waals surface area contributed by atoms with E-state index in [4.69, 9.17) is 14.4 Å². The Bertz CT molecular complexity index is 3520. The summed E-state index contributed by atoms with van der Waals surface area (Å²) >= 11 is 0. The smallest absolute Gasteiger partial charge is 0.161 e. The summed E-state index contributed by atoms with van der Waals surface area (Å²) in [5.41, 5.74) is 9.43. The van der Waals surface area contributed by atoms with Gasteiger partial charge in [0.05, 0.1) is 11.0 Å². The molecular weight excluding hydrogens is 683 g/mol. The molecule has 0 aliphatic rings. The highest BCUT2D eigenvalue weighted by molar-refractivity contribution is 6.25. The Labute approximate surface area is 321 Å². The Morgan fingerprint density at radius 1 is 0.375 bits per heavy atom. The van der Waals surface area contributed by atoms with Crippen LogP contribution in [0.5, 0.6) is 0 Å². The second-order valence-electron chi connectivity index (χ2n) is 14.5. The fraction of sp³-hybridized carbons (Fsp3) is 0. The van der Waals surface area contributed by atoms with E-state index in [0.29, 0.717) is 5.82 Å². The van der Waals surface area contributed by atoms with Crippen LogP contribution in [0, 0.1) is 0 Å². The first kappa shape index (κ1) is 30.9. The fourth-order valence-corrected chi connectivity index (χ4v) is 8.90. The zero-order chi connectivity index (χ0) is 36.7. The molecule has 0 saturated carbocycles. The summed E-state index contributed by atoms with van der Waals surface area (Å²) in [6.07, 6.45) is 1.87. The van der Waals surface area contributed by atoms with E-state index in [-0.39, 0.29) is 0 Å². The van der Waals surface area contributed by atoms with Crippen molar-refractivity contribution in [3.63, 3.8) is 0 Å². The van der Waals surface area contributed by atoms with Crippen LogP contribution >= 0.6 is 0 Å². The van der Waals surface area contributed by atoms with Crippen LogP contribution in [0.1, 0.15) is 0 Å². The van der Waals surface area contributed by atoms with Gasteiger partial charge in [0, 0.05) is 38.9 Å². The number of para-hydroxylation sites is 3. The van der Waals surface area contributed by atoms with Gasteiger partial charge in [-0.2, -0.15) is 0 Å². The summed E-state index contributed by atoms with van der Waals surface area (Å²) in [7, 11) is 0. The summed E-state index contributed by atoms with van der Waals surface area (Å²) < 4.78 is 8.69. The maximum absolute atomic E-state index is 6.43. The third-order valence-electron chi connectivity index (χ3n) is 11.5. The molecule has 0 bridgehead atoms. The average Bonchev–Trinajstić information content (AvgIpc) is 3.82. The molecule has 4 nitrogen and oxygen atoms in total. The van der Waals surface area contributed by atoms with Crippen LogP contribution < -0.4 is 0 Å². The first-order chi connectivity index (χ1) is 27.8. The van der Waals surface area contributed by atoms with E-state index in [2.05, 4.69) is 168 Å². The highest BCUT2D eigenvalue weighted by Gasteiger charge is 2.18. The maximum Gasteiger partial charge on any atom is 0.161 e.